The van der Waals surface area contributed by atoms with Crippen molar-refractivity contribution in [3.63, 3.8) is 0 Å². The molecule has 0 radical (unpaired) electrons. The van der Waals surface area contributed by atoms with Crippen molar-refractivity contribution in [2.24, 2.45) is 11.8 Å². The van der Waals surface area contributed by atoms with Gasteiger partial charge < -0.3 is 5.32 Å². The Hall–Kier alpha value is -0.0800. The molecular formula is C17H34N2. The van der Waals surface area contributed by atoms with Crippen LogP contribution in [0.5, 0.6) is 0 Å². The van der Waals surface area contributed by atoms with Gasteiger partial charge in [-0.05, 0) is 44.1 Å². The summed E-state index contributed by atoms with van der Waals surface area (Å²) in [5, 5.41) is 3.81. The Kier molecular flexibility index (Phi) is 6.15. The van der Waals surface area contributed by atoms with Crippen molar-refractivity contribution in [3.8, 4) is 0 Å². The minimum absolute atomic E-state index is 0.740. The predicted octanol–water partition coefficient (Wildman–Crippen LogP) is 3.67. The molecule has 1 aliphatic carbocycles. The lowest BCUT2D eigenvalue weighted by Crippen LogP contribution is -2.52. The van der Waals surface area contributed by atoms with E-state index in [9.17, 15) is 0 Å². The number of hydrogen-bond donors (Lipinski definition) is 1. The van der Waals surface area contributed by atoms with Crippen molar-refractivity contribution < 1.29 is 0 Å². The fourth-order valence-electron chi connectivity index (χ4n) is 3.86. The van der Waals surface area contributed by atoms with E-state index in [-0.39, 0.29) is 0 Å². The van der Waals surface area contributed by atoms with Crippen LogP contribution >= 0.6 is 0 Å². The summed E-state index contributed by atoms with van der Waals surface area (Å²) < 4.78 is 0. The molecule has 0 spiro atoms. The van der Waals surface area contributed by atoms with Crippen LogP contribution in [0, 0.1) is 11.8 Å². The molecule has 0 aromatic heterocycles. The highest BCUT2D eigenvalue weighted by molar-refractivity contribution is 4.86. The van der Waals surface area contributed by atoms with Crippen LogP contribution < -0.4 is 5.32 Å². The highest BCUT2D eigenvalue weighted by Crippen LogP contribution is 2.27. The molecule has 2 fully saturated rings. The van der Waals surface area contributed by atoms with Crippen LogP contribution in [-0.4, -0.2) is 36.6 Å². The van der Waals surface area contributed by atoms with Crippen molar-refractivity contribution in [3.05, 3.63) is 0 Å². The van der Waals surface area contributed by atoms with Gasteiger partial charge in [0.05, 0.1) is 0 Å². The summed E-state index contributed by atoms with van der Waals surface area (Å²) in [5.41, 5.74) is 0. The van der Waals surface area contributed by atoms with E-state index in [1.54, 1.807) is 0 Å². The molecule has 0 aromatic carbocycles. The van der Waals surface area contributed by atoms with Gasteiger partial charge >= 0.3 is 0 Å². The van der Waals surface area contributed by atoms with Crippen LogP contribution in [0.1, 0.15) is 65.7 Å². The van der Waals surface area contributed by atoms with Crippen LogP contribution in [0.15, 0.2) is 0 Å². The molecule has 1 heterocycles. The molecule has 2 atom stereocenters. The molecule has 0 amide bonds. The fraction of sp³-hybridized carbons (Fsp3) is 1.00. The van der Waals surface area contributed by atoms with Crippen molar-refractivity contribution in [2.75, 3.05) is 19.6 Å². The third-order valence-electron chi connectivity index (χ3n) is 4.93. The van der Waals surface area contributed by atoms with E-state index >= 15 is 0 Å². The lowest BCUT2D eigenvalue weighted by molar-refractivity contribution is 0.0827. The summed E-state index contributed by atoms with van der Waals surface area (Å²) in [5.74, 6) is 1.69. The van der Waals surface area contributed by atoms with Crippen molar-refractivity contribution in [1.82, 2.24) is 10.2 Å². The molecule has 0 bridgehead atoms. The average Bonchev–Trinajstić information content (AvgIpc) is 2.39. The normalized spacial score (nSPS) is 30.9. The predicted molar refractivity (Wildman–Crippen MR) is 83.5 cm³/mol. The first-order chi connectivity index (χ1) is 9.15. The molecule has 1 saturated carbocycles. The first-order valence-corrected chi connectivity index (χ1v) is 8.62. The third-order valence-corrected chi connectivity index (χ3v) is 4.93. The Bertz CT molecular complexity index is 246. The lowest BCUT2D eigenvalue weighted by Gasteiger charge is -2.42. The van der Waals surface area contributed by atoms with Crippen LogP contribution in [0.2, 0.25) is 0 Å². The number of likely N-dealkylation sites (tertiary alicyclic amines) is 1. The average molecular weight is 266 g/mol. The van der Waals surface area contributed by atoms with Gasteiger partial charge in [0.2, 0.25) is 0 Å². The standard InChI is InChI=1S/C17H34N2/c1-14(2)9-10-18-16-11-15(3)12-19(13-16)17-7-5-4-6-8-17/h14-18H,4-13H2,1-3H3. The Morgan fingerprint density at radius 2 is 1.84 bits per heavy atom. The van der Waals surface area contributed by atoms with Crippen molar-refractivity contribution >= 4 is 0 Å². The third kappa shape index (κ3) is 5.07. The number of rotatable bonds is 5. The van der Waals surface area contributed by atoms with Gasteiger partial charge in [-0.15, -0.1) is 0 Å². The first kappa shape index (κ1) is 15.3. The quantitative estimate of drug-likeness (QED) is 0.817. The maximum Gasteiger partial charge on any atom is 0.0198 e. The monoisotopic (exact) mass is 266 g/mol. The van der Waals surface area contributed by atoms with Gasteiger partial charge in [0.15, 0.2) is 0 Å². The fourth-order valence-corrected chi connectivity index (χ4v) is 3.86. The van der Waals surface area contributed by atoms with E-state index in [2.05, 4.69) is 31.0 Å². The van der Waals surface area contributed by atoms with Gasteiger partial charge in [-0.25, -0.2) is 0 Å². The zero-order valence-corrected chi connectivity index (χ0v) is 13.3. The zero-order chi connectivity index (χ0) is 13.7. The van der Waals surface area contributed by atoms with E-state index in [1.165, 1.54) is 64.6 Å². The minimum atomic E-state index is 0.740. The van der Waals surface area contributed by atoms with Crippen molar-refractivity contribution in [1.29, 1.82) is 0 Å². The molecular weight excluding hydrogens is 232 g/mol. The number of piperidine rings is 1. The van der Waals surface area contributed by atoms with E-state index in [0.717, 1.165) is 23.9 Å². The molecule has 2 rings (SSSR count). The number of hydrogen-bond acceptors (Lipinski definition) is 2. The molecule has 112 valence electrons. The molecule has 0 aromatic rings. The van der Waals surface area contributed by atoms with E-state index < -0.39 is 0 Å². The minimum Gasteiger partial charge on any atom is -0.313 e. The molecule has 2 aliphatic rings. The maximum absolute atomic E-state index is 3.81. The van der Waals surface area contributed by atoms with E-state index in [4.69, 9.17) is 0 Å². The zero-order valence-electron chi connectivity index (χ0n) is 13.3. The van der Waals surface area contributed by atoms with Crippen LogP contribution in [-0.2, 0) is 0 Å². The van der Waals surface area contributed by atoms with E-state index in [0.29, 0.717) is 0 Å². The highest BCUT2D eigenvalue weighted by atomic mass is 15.2. The first-order valence-electron chi connectivity index (χ1n) is 8.62. The molecule has 1 saturated heterocycles. The Balaban J connectivity index is 1.77. The molecule has 2 unspecified atom stereocenters. The SMILES string of the molecule is CC(C)CCNC1CC(C)CN(C2CCCCC2)C1. The smallest absolute Gasteiger partial charge is 0.0198 e. The second-order valence-corrected chi connectivity index (χ2v) is 7.42. The summed E-state index contributed by atoms with van der Waals surface area (Å²) in [7, 11) is 0. The Morgan fingerprint density at radius 3 is 2.53 bits per heavy atom. The van der Waals surface area contributed by atoms with Crippen molar-refractivity contribution in [2.45, 2.75) is 77.8 Å². The number of nitrogens with zero attached hydrogens (tertiary/aromatic N) is 1. The Morgan fingerprint density at radius 1 is 1.11 bits per heavy atom. The molecule has 1 N–H and O–H groups in total. The molecule has 2 nitrogen and oxygen atoms in total. The van der Waals surface area contributed by atoms with Crippen LogP contribution in [0.25, 0.3) is 0 Å². The van der Waals surface area contributed by atoms with Gasteiger partial charge in [-0.3, -0.25) is 4.90 Å². The second kappa shape index (κ2) is 7.64. The summed E-state index contributed by atoms with van der Waals surface area (Å²) in [6, 6.07) is 1.63. The number of nitrogens with one attached hydrogen (secondary N) is 1. The van der Waals surface area contributed by atoms with Crippen LogP contribution in [0.3, 0.4) is 0 Å². The van der Waals surface area contributed by atoms with Gasteiger partial charge in [0, 0.05) is 25.2 Å². The summed E-state index contributed by atoms with van der Waals surface area (Å²) >= 11 is 0. The van der Waals surface area contributed by atoms with Gasteiger partial charge in [-0.1, -0.05) is 40.0 Å². The van der Waals surface area contributed by atoms with Gasteiger partial charge in [0.1, 0.15) is 0 Å². The van der Waals surface area contributed by atoms with E-state index in [1.807, 2.05) is 0 Å². The van der Waals surface area contributed by atoms with Gasteiger partial charge in [0.25, 0.3) is 0 Å². The lowest BCUT2D eigenvalue weighted by atomic mass is 9.89. The van der Waals surface area contributed by atoms with Gasteiger partial charge in [-0.2, -0.15) is 0 Å². The topological polar surface area (TPSA) is 15.3 Å². The van der Waals surface area contributed by atoms with Crippen LogP contribution in [0.4, 0.5) is 0 Å². The molecule has 2 heteroatoms. The highest BCUT2D eigenvalue weighted by Gasteiger charge is 2.29. The largest absolute Gasteiger partial charge is 0.313 e. The molecule has 1 aliphatic heterocycles. The summed E-state index contributed by atoms with van der Waals surface area (Å²) in [6.07, 6.45) is 9.98. The summed E-state index contributed by atoms with van der Waals surface area (Å²) in [6.45, 7) is 10.9. The summed E-state index contributed by atoms with van der Waals surface area (Å²) in [4.78, 5) is 2.81. The second-order valence-electron chi connectivity index (χ2n) is 7.42. The molecule has 19 heavy (non-hydrogen) atoms. The maximum atomic E-state index is 3.81. The Labute approximate surface area is 120 Å².